The minimum Gasteiger partial charge on any atom is -0.370 e. The van der Waals surface area contributed by atoms with E-state index in [1.54, 1.807) is 0 Å². The minimum atomic E-state index is -0.720. The zero-order chi connectivity index (χ0) is 21.4. The highest BCUT2D eigenvalue weighted by Gasteiger charge is 2.21. The fourth-order valence-corrected chi connectivity index (χ4v) is 3.81. The van der Waals surface area contributed by atoms with Crippen LogP contribution in [0.15, 0.2) is 48.7 Å². The molecule has 0 saturated heterocycles. The van der Waals surface area contributed by atoms with Crippen LogP contribution in [-0.2, 0) is 13.0 Å². The van der Waals surface area contributed by atoms with Gasteiger partial charge in [-0.1, -0.05) is 30.3 Å². The van der Waals surface area contributed by atoms with E-state index in [-0.39, 0.29) is 11.5 Å². The SMILES string of the molecule is NC(=O)c1cc(F)cc2c1cnn2-c1nc2c(c(NCc3ccccc3)n1)CCCN2. The molecular weight excluding hydrogens is 397 g/mol. The Morgan fingerprint density at radius 1 is 1.23 bits per heavy atom. The molecule has 9 heteroatoms. The molecule has 156 valence electrons. The van der Waals surface area contributed by atoms with Crippen molar-refractivity contribution < 1.29 is 9.18 Å². The number of hydrogen-bond donors (Lipinski definition) is 3. The number of anilines is 2. The quantitative estimate of drug-likeness (QED) is 0.460. The van der Waals surface area contributed by atoms with E-state index in [9.17, 15) is 9.18 Å². The molecule has 3 heterocycles. The van der Waals surface area contributed by atoms with Gasteiger partial charge in [-0.25, -0.2) is 4.39 Å². The fourth-order valence-electron chi connectivity index (χ4n) is 3.81. The summed E-state index contributed by atoms with van der Waals surface area (Å²) in [7, 11) is 0. The first kappa shape index (κ1) is 19.0. The van der Waals surface area contributed by atoms with Crippen LogP contribution in [0.5, 0.6) is 0 Å². The summed E-state index contributed by atoms with van der Waals surface area (Å²) in [6, 6.07) is 12.4. The van der Waals surface area contributed by atoms with Gasteiger partial charge in [-0.05, 0) is 24.5 Å². The summed E-state index contributed by atoms with van der Waals surface area (Å²) in [5.41, 5.74) is 7.98. The van der Waals surface area contributed by atoms with Gasteiger partial charge in [-0.15, -0.1) is 0 Å². The molecule has 0 aliphatic carbocycles. The van der Waals surface area contributed by atoms with Crippen LogP contribution in [0.3, 0.4) is 0 Å². The molecule has 0 radical (unpaired) electrons. The standard InChI is InChI=1S/C22H20FN7O/c23-14-9-16(19(24)31)17-12-27-30(18(17)10-14)22-28-20-15(7-4-8-25-20)21(29-22)26-11-13-5-2-1-3-6-13/h1-3,5-6,9-10,12H,4,7-8,11H2,(H2,24,31)(H2,25,26,28,29). The Morgan fingerprint density at radius 2 is 2.06 bits per heavy atom. The lowest BCUT2D eigenvalue weighted by molar-refractivity contribution is 0.100. The largest absolute Gasteiger partial charge is 0.370 e. The van der Waals surface area contributed by atoms with Gasteiger partial charge in [0.15, 0.2) is 0 Å². The molecule has 1 aliphatic rings. The molecular formula is C22H20FN7O. The lowest BCUT2D eigenvalue weighted by Gasteiger charge is -2.21. The molecule has 2 aromatic carbocycles. The van der Waals surface area contributed by atoms with Gasteiger partial charge in [0, 0.05) is 30.1 Å². The van der Waals surface area contributed by atoms with Crippen LogP contribution in [-0.4, -0.2) is 32.2 Å². The summed E-state index contributed by atoms with van der Waals surface area (Å²) in [4.78, 5) is 21.1. The van der Waals surface area contributed by atoms with Gasteiger partial charge in [0.2, 0.25) is 5.91 Å². The van der Waals surface area contributed by atoms with E-state index in [1.165, 1.54) is 16.9 Å². The summed E-state index contributed by atoms with van der Waals surface area (Å²) in [6.07, 6.45) is 3.30. The predicted octanol–water partition coefficient (Wildman–Crippen LogP) is 3.02. The topological polar surface area (TPSA) is 111 Å². The Hall–Kier alpha value is -4.01. The first-order valence-electron chi connectivity index (χ1n) is 10.00. The number of carbonyl (C=O) groups excluding carboxylic acids is 1. The van der Waals surface area contributed by atoms with Crippen molar-refractivity contribution in [2.24, 2.45) is 5.73 Å². The van der Waals surface area contributed by atoms with E-state index in [0.29, 0.717) is 23.3 Å². The van der Waals surface area contributed by atoms with E-state index in [4.69, 9.17) is 10.7 Å². The highest BCUT2D eigenvalue weighted by atomic mass is 19.1. The average molecular weight is 417 g/mol. The molecule has 0 fully saturated rings. The van der Waals surface area contributed by atoms with Crippen LogP contribution in [0.1, 0.15) is 27.9 Å². The number of amides is 1. The molecule has 1 aliphatic heterocycles. The van der Waals surface area contributed by atoms with Crippen molar-refractivity contribution in [3.8, 4) is 5.95 Å². The van der Waals surface area contributed by atoms with Crippen molar-refractivity contribution in [1.29, 1.82) is 0 Å². The van der Waals surface area contributed by atoms with Crippen molar-refractivity contribution in [2.45, 2.75) is 19.4 Å². The maximum absolute atomic E-state index is 14.2. The zero-order valence-electron chi connectivity index (χ0n) is 16.6. The summed E-state index contributed by atoms with van der Waals surface area (Å²) >= 11 is 0. The van der Waals surface area contributed by atoms with Gasteiger partial charge in [0.25, 0.3) is 5.95 Å². The number of nitrogens with two attached hydrogens (primary N) is 1. The van der Waals surface area contributed by atoms with E-state index < -0.39 is 11.7 Å². The van der Waals surface area contributed by atoms with Crippen molar-refractivity contribution in [1.82, 2.24) is 19.7 Å². The van der Waals surface area contributed by atoms with Gasteiger partial charge in [0.1, 0.15) is 17.5 Å². The maximum atomic E-state index is 14.2. The van der Waals surface area contributed by atoms with Crippen LogP contribution in [0, 0.1) is 5.82 Å². The van der Waals surface area contributed by atoms with Crippen LogP contribution < -0.4 is 16.4 Å². The number of carbonyl (C=O) groups is 1. The second-order valence-corrected chi connectivity index (χ2v) is 7.38. The molecule has 0 bridgehead atoms. The molecule has 31 heavy (non-hydrogen) atoms. The van der Waals surface area contributed by atoms with Gasteiger partial charge in [0.05, 0.1) is 17.3 Å². The highest BCUT2D eigenvalue weighted by molar-refractivity contribution is 6.05. The molecule has 5 rings (SSSR count). The minimum absolute atomic E-state index is 0.0692. The summed E-state index contributed by atoms with van der Waals surface area (Å²) < 4.78 is 15.6. The van der Waals surface area contributed by atoms with E-state index in [2.05, 4.69) is 20.7 Å². The third-order valence-electron chi connectivity index (χ3n) is 5.30. The van der Waals surface area contributed by atoms with Crippen LogP contribution in [0.4, 0.5) is 16.0 Å². The Morgan fingerprint density at radius 3 is 2.87 bits per heavy atom. The predicted molar refractivity (Wildman–Crippen MR) is 116 cm³/mol. The number of nitrogens with one attached hydrogen (secondary N) is 2. The average Bonchev–Trinajstić information content (AvgIpc) is 3.21. The Bertz CT molecular complexity index is 1290. The maximum Gasteiger partial charge on any atom is 0.255 e. The number of primary amides is 1. The van der Waals surface area contributed by atoms with Crippen LogP contribution >= 0.6 is 0 Å². The monoisotopic (exact) mass is 417 g/mol. The first-order chi connectivity index (χ1) is 15.1. The van der Waals surface area contributed by atoms with Gasteiger partial charge < -0.3 is 16.4 Å². The molecule has 0 unspecified atom stereocenters. The summed E-state index contributed by atoms with van der Waals surface area (Å²) in [6.45, 7) is 1.41. The summed E-state index contributed by atoms with van der Waals surface area (Å²) in [5, 5.41) is 11.5. The van der Waals surface area contributed by atoms with E-state index in [1.807, 2.05) is 30.3 Å². The Kier molecular flexibility index (Phi) is 4.70. The Labute approximate surface area is 177 Å². The molecule has 2 aromatic heterocycles. The molecule has 0 spiro atoms. The van der Waals surface area contributed by atoms with E-state index in [0.717, 1.165) is 42.4 Å². The normalized spacial score (nSPS) is 12.9. The van der Waals surface area contributed by atoms with Crippen molar-refractivity contribution in [3.05, 3.63) is 71.2 Å². The van der Waals surface area contributed by atoms with Crippen molar-refractivity contribution in [3.63, 3.8) is 0 Å². The molecule has 0 atom stereocenters. The third-order valence-corrected chi connectivity index (χ3v) is 5.30. The van der Waals surface area contributed by atoms with E-state index >= 15 is 0 Å². The van der Waals surface area contributed by atoms with Gasteiger partial charge in [-0.2, -0.15) is 19.7 Å². The number of halogens is 1. The highest BCUT2D eigenvalue weighted by Crippen LogP contribution is 2.29. The van der Waals surface area contributed by atoms with Gasteiger partial charge >= 0.3 is 0 Å². The first-order valence-corrected chi connectivity index (χ1v) is 10.00. The van der Waals surface area contributed by atoms with Crippen LogP contribution in [0.2, 0.25) is 0 Å². The van der Waals surface area contributed by atoms with Crippen molar-refractivity contribution in [2.75, 3.05) is 17.2 Å². The summed E-state index contributed by atoms with van der Waals surface area (Å²) in [5.74, 6) is 0.400. The zero-order valence-corrected chi connectivity index (χ0v) is 16.6. The number of nitrogens with zero attached hydrogens (tertiary/aromatic N) is 4. The second-order valence-electron chi connectivity index (χ2n) is 7.38. The number of aromatic nitrogens is 4. The Balaban J connectivity index is 1.61. The molecule has 8 nitrogen and oxygen atoms in total. The van der Waals surface area contributed by atoms with Gasteiger partial charge in [-0.3, -0.25) is 4.79 Å². The molecule has 4 aromatic rings. The molecule has 4 N–H and O–H groups in total. The van der Waals surface area contributed by atoms with Crippen LogP contribution in [0.25, 0.3) is 16.9 Å². The lowest BCUT2D eigenvalue weighted by Crippen LogP contribution is -2.19. The lowest BCUT2D eigenvalue weighted by atomic mass is 10.1. The molecule has 0 saturated carbocycles. The molecule has 1 amide bonds. The fraction of sp³-hybridized carbons (Fsp3) is 0.182. The number of fused-ring (bicyclic) bond motifs is 2. The van der Waals surface area contributed by atoms with Crippen molar-refractivity contribution >= 4 is 28.4 Å². The number of rotatable bonds is 5. The second kappa shape index (κ2) is 7.67. The number of benzene rings is 2. The smallest absolute Gasteiger partial charge is 0.255 e. The third kappa shape index (κ3) is 3.54. The number of hydrogen-bond acceptors (Lipinski definition) is 6.